The maximum atomic E-state index is 11.8. The normalized spacial score (nSPS) is 26.4. The molecule has 0 aromatic carbocycles. The Balaban J connectivity index is 1.56. The summed E-state index contributed by atoms with van der Waals surface area (Å²) in [6.07, 6.45) is 4.77. The summed E-state index contributed by atoms with van der Waals surface area (Å²) < 4.78 is 0. The fourth-order valence-electron chi connectivity index (χ4n) is 3.21. The van der Waals surface area contributed by atoms with Crippen LogP contribution >= 0.6 is 0 Å². The molecule has 116 valence electrons. The van der Waals surface area contributed by atoms with Crippen LogP contribution in [0.1, 0.15) is 32.6 Å². The molecule has 2 rings (SSSR count). The maximum Gasteiger partial charge on any atom is 0.315 e. The predicted molar refractivity (Wildman–Crippen MR) is 81.9 cm³/mol. The van der Waals surface area contributed by atoms with Crippen LogP contribution in [0, 0.1) is 5.92 Å². The van der Waals surface area contributed by atoms with Gasteiger partial charge in [-0.2, -0.15) is 0 Å². The SMILES string of the molecule is CC1CCCN(CCNC(=O)NC2CCN(C)CC2)C1. The van der Waals surface area contributed by atoms with Gasteiger partial charge in [-0.25, -0.2) is 4.79 Å². The number of likely N-dealkylation sites (tertiary alicyclic amines) is 2. The minimum Gasteiger partial charge on any atom is -0.337 e. The van der Waals surface area contributed by atoms with Gasteiger partial charge < -0.3 is 20.4 Å². The molecule has 2 N–H and O–H groups in total. The first-order chi connectivity index (χ1) is 9.63. The Morgan fingerprint density at radius 3 is 2.65 bits per heavy atom. The molecular weight excluding hydrogens is 252 g/mol. The number of carbonyl (C=O) groups excluding carboxylic acids is 1. The van der Waals surface area contributed by atoms with Gasteiger partial charge in [-0.1, -0.05) is 6.92 Å². The Hall–Kier alpha value is -0.810. The van der Waals surface area contributed by atoms with Crippen molar-refractivity contribution in [3.8, 4) is 0 Å². The van der Waals surface area contributed by atoms with Gasteiger partial charge in [0.05, 0.1) is 0 Å². The Labute approximate surface area is 123 Å². The Morgan fingerprint density at radius 2 is 1.95 bits per heavy atom. The first kappa shape index (κ1) is 15.6. The Kier molecular flexibility index (Phi) is 6.10. The number of carbonyl (C=O) groups is 1. The molecular formula is C15H30N4O. The highest BCUT2D eigenvalue weighted by atomic mass is 16.2. The van der Waals surface area contributed by atoms with Crippen molar-refractivity contribution >= 4 is 6.03 Å². The molecule has 2 aliphatic heterocycles. The highest BCUT2D eigenvalue weighted by Crippen LogP contribution is 2.14. The van der Waals surface area contributed by atoms with Gasteiger partial charge in [0.1, 0.15) is 0 Å². The van der Waals surface area contributed by atoms with E-state index in [1.54, 1.807) is 0 Å². The molecule has 2 fully saturated rings. The first-order valence-electron chi connectivity index (χ1n) is 8.09. The summed E-state index contributed by atoms with van der Waals surface area (Å²) in [5.74, 6) is 0.803. The van der Waals surface area contributed by atoms with Gasteiger partial charge in [-0.05, 0) is 58.3 Å². The van der Waals surface area contributed by atoms with Crippen LogP contribution in [0.2, 0.25) is 0 Å². The van der Waals surface area contributed by atoms with E-state index in [4.69, 9.17) is 0 Å². The minimum absolute atomic E-state index is 0.00427. The van der Waals surface area contributed by atoms with Gasteiger partial charge in [0, 0.05) is 25.7 Å². The van der Waals surface area contributed by atoms with Crippen molar-refractivity contribution < 1.29 is 4.79 Å². The lowest BCUT2D eigenvalue weighted by Gasteiger charge is -2.31. The van der Waals surface area contributed by atoms with E-state index in [1.165, 1.54) is 25.9 Å². The average Bonchev–Trinajstić information content (AvgIpc) is 2.41. The molecule has 0 spiro atoms. The van der Waals surface area contributed by atoms with Crippen molar-refractivity contribution in [2.75, 3.05) is 46.3 Å². The molecule has 2 aliphatic rings. The van der Waals surface area contributed by atoms with Crippen molar-refractivity contribution in [3.05, 3.63) is 0 Å². The minimum atomic E-state index is 0.00427. The van der Waals surface area contributed by atoms with E-state index in [0.717, 1.165) is 44.9 Å². The summed E-state index contributed by atoms with van der Waals surface area (Å²) >= 11 is 0. The number of hydrogen-bond acceptors (Lipinski definition) is 3. The Bertz CT molecular complexity index is 302. The molecule has 2 amide bonds. The van der Waals surface area contributed by atoms with Crippen molar-refractivity contribution in [1.29, 1.82) is 0 Å². The van der Waals surface area contributed by atoms with Gasteiger partial charge in [0.15, 0.2) is 0 Å². The predicted octanol–water partition coefficient (Wildman–Crippen LogP) is 1.11. The third-order valence-corrected chi connectivity index (χ3v) is 4.51. The number of amides is 2. The molecule has 0 aromatic heterocycles. The first-order valence-corrected chi connectivity index (χ1v) is 8.09. The number of nitrogens with zero attached hydrogens (tertiary/aromatic N) is 2. The van der Waals surface area contributed by atoms with Crippen LogP contribution < -0.4 is 10.6 Å². The fourth-order valence-corrected chi connectivity index (χ4v) is 3.21. The van der Waals surface area contributed by atoms with E-state index in [9.17, 15) is 4.79 Å². The highest BCUT2D eigenvalue weighted by Gasteiger charge is 2.19. The zero-order valence-corrected chi connectivity index (χ0v) is 13.0. The maximum absolute atomic E-state index is 11.8. The largest absolute Gasteiger partial charge is 0.337 e. The molecule has 0 aliphatic carbocycles. The van der Waals surface area contributed by atoms with Crippen LogP contribution in [0.15, 0.2) is 0 Å². The highest BCUT2D eigenvalue weighted by molar-refractivity contribution is 5.74. The summed E-state index contributed by atoms with van der Waals surface area (Å²) in [5.41, 5.74) is 0. The number of piperidine rings is 2. The summed E-state index contributed by atoms with van der Waals surface area (Å²) in [6.45, 7) is 8.57. The number of rotatable bonds is 4. The molecule has 2 heterocycles. The van der Waals surface area contributed by atoms with E-state index in [1.807, 2.05) is 0 Å². The summed E-state index contributed by atoms with van der Waals surface area (Å²) in [7, 11) is 2.13. The van der Waals surface area contributed by atoms with Crippen molar-refractivity contribution in [2.45, 2.75) is 38.6 Å². The van der Waals surface area contributed by atoms with Crippen molar-refractivity contribution in [2.24, 2.45) is 5.92 Å². The fraction of sp³-hybridized carbons (Fsp3) is 0.933. The molecule has 5 nitrogen and oxygen atoms in total. The third-order valence-electron chi connectivity index (χ3n) is 4.51. The van der Waals surface area contributed by atoms with Gasteiger partial charge in [0.2, 0.25) is 0 Å². The van der Waals surface area contributed by atoms with Gasteiger partial charge in [-0.15, -0.1) is 0 Å². The van der Waals surface area contributed by atoms with Crippen LogP contribution in [-0.2, 0) is 0 Å². The Morgan fingerprint density at radius 1 is 1.20 bits per heavy atom. The molecule has 0 aromatic rings. The van der Waals surface area contributed by atoms with Gasteiger partial charge in [0.25, 0.3) is 0 Å². The number of hydrogen-bond donors (Lipinski definition) is 2. The second-order valence-electron chi connectivity index (χ2n) is 6.53. The molecule has 1 atom stereocenters. The molecule has 2 saturated heterocycles. The van der Waals surface area contributed by atoms with E-state index in [0.29, 0.717) is 6.04 Å². The molecule has 0 bridgehead atoms. The van der Waals surface area contributed by atoms with Crippen LogP contribution in [0.25, 0.3) is 0 Å². The lowest BCUT2D eigenvalue weighted by Crippen LogP contribution is -2.48. The molecule has 0 saturated carbocycles. The third kappa shape index (κ3) is 5.29. The number of nitrogens with one attached hydrogen (secondary N) is 2. The standard InChI is InChI=1S/C15H30N4O/c1-13-4-3-8-19(12-13)11-7-16-15(20)17-14-5-9-18(2)10-6-14/h13-14H,3-12H2,1-2H3,(H2,16,17,20). The zero-order chi connectivity index (χ0) is 14.4. The molecule has 1 unspecified atom stereocenters. The van der Waals surface area contributed by atoms with Gasteiger partial charge >= 0.3 is 6.03 Å². The smallest absolute Gasteiger partial charge is 0.315 e. The average molecular weight is 282 g/mol. The summed E-state index contributed by atoms with van der Waals surface area (Å²) in [6, 6.07) is 0.353. The lowest BCUT2D eigenvalue weighted by atomic mass is 10.0. The quantitative estimate of drug-likeness (QED) is 0.812. The van der Waals surface area contributed by atoms with E-state index in [2.05, 4.69) is 34.4 Å². The van der Waals surface area contributed by atoms with Crippen LogP contribution in [0.5, 0.6) is 0 Å². The van der Waals surface area contributed by atoms with E-state index >= 15 is 0 Å². The van der Waals surface area contributed by atoms with E-state index < -0.39 is 0 Å². The summed E-state index contributed by atoms with van der Waals surface area (Å²) in [5, 5.41) is 6.09. The molecule has 5 heteroatoms. The second-order valence-corrected chi connectivity index (χ2v) is 6.53. The van der Waals surface area contributed by atoms with Crippen LogP contribution in [0.4, 0.5) is 4.79 Å². The monoisotopic (exact) mass is 282 g/mol. The van der Waals surface area contributed by atoms with Gasteiger partial charge in [-0.3, -0.25) is 0 Å². The lowest BCUT2D eigenvalue weighted by molar-refractivity contribution is 0.182. The summed E-state index contributed by atoms with van der Waals surface area (Å²) in [4.78, 5) is 16.6. The molecule has 0 radical (unpaired) electrons. The van der Waals surface area contributed by atoms with Crippen molar-refractivity contribution in [3.63, 3.8) is 0 Å². The van der Waals surface area contributed by atoms with E-state index in [-0.39, 0.29) is 6.03 Å². The zero-order valence-electron chi connectivity index (χ0n) is 13.0. The van der Waals surface area contributed by atoms with Crippen LogP contribution in [-0.4, -0.2) is 68.2 Å². The molecule has 20 heavy (non-hydrogen) atoms. The van der Waals surface area contributed by atoms with Crippen LogP contribution in [0.3, 0.4) is 0 Å². The van der Waals surface area contributed by atoms with Crippen molar-refractivity contribution in [1.82, 2.24) is 20.4 Å². The second kappa shape index (κ2) is 7.84. The topological polar surface area (TPSA) is 47.6 Å². The number of urea groups is 1.